The maximum Gasteiger partial charge on any atom is 0.303 e. The van der Waals surface area contributed by atoms with Crippen molar-refractivity contribution in [3.05, 3.63) is 35.9 Å². The summed E-state index contributed by atoms with van der Waals surface area (Å²) in [5.41, 5.74) is 1.12. The largest absolute Gasteiger partial charge is 0.457 e. The first-order chi connectivity index (χ1) is 23.6. The number of rotatable bonds is 12. The van der Waals surface area contributed by atoms with E-state index in [-0.39, 0.29) is 36.5 Å². The van der Waals surface area contributed by atoms with E-state index in [1.807, 2.05) is 6.07 Å². The molecule has 8 heteroatoms. The summed E-state index contributed by atoms with van der Waals surface area (Å²) in [6, 6.07) is 10.4. The molecule has 0 aromatic heterocycles. The minimum absolute atomic E-state index is 0. The lowest BCUT2D eigenvalue weighted by atomic mass is 9.46. The third kappa shape index (κ3) is 6.11. The molecule has 5 saturated carbocycles. The highest BCUT2D eigenvalue weighted by Gasteiger charge is 2.80. The van der Waals surface area contributed by atoms with Crippen LogP contribution in [0.25, 0.3) is 0 Å². The first-order valence-electron chi connectivity index (χ1n) is 19.6. The number of benzene rings is 1. The second-order valence-electron chi connectivity index (χ2n) is 18.7. The van der Waals surface area contributed by atoms with E-state index in [2.05, 4.69) is 57.0 Å². The van der Waals surface area contributed by atoms with Crippen LogP contribution in [0.5, 0.6) is 0 Å². The second kappa shape index (κ2) is 13.2. The summed E-state index contributed by atoms with van der Waals surface area (Å²) in [7, 11) is 2.08. The summed E-state index contributed by atoms with van der Waals surface area (Å²) in [6.07, 6.45) is 10.7. The van der Waals surface area contributed by atoms with Crippen LogP contribution in [0.1, 0.15) is 113 Å². The Kier molecular flexibility index (Phi) is 9.66. The van der Waals surface area contributed by atoms with Crippen molar-refractivity contribution in [2.75, 3.05) is 20.2 Å². The molecule has 5 aliphatic carbocycles. The van der Waals surface area contributed by atoms with Crippen molar-refractivity contribution in [3.8, 4) is 0 Å². The third-order valence-corrected chi connectivity index (χ3v) is 15.3. The van der Waals surface area contributed by atoms with Gasteiger partial charge in [-0.05, 0) is 136 Å². The molecular weight excluding hydrogens is 630 g/mol. The zero-order valence-corrected chi connectivity index (χ0v) is 31.7. The molecule has 1 saturated heterocycles. The molecule has 50 heavy (non-hydrogen) atoms. The summed E-state index contributed by atoms with van der Waals surface area (Å²) in [6.45, 7) is 14.2. The lowest BCUT2D eigenvalue weighted by molar-refractivity contribution is -0.218. The topological polar surface area (TPSA) is 94.5 Å². The van der Waals surface area contributed by atoms with Gasteiger partial charge in [0.2, 0.25) is 6.29 Å². The zero-order valence-electron chi connectivity index (χ0n) is 31.7. The van der Waals surface area contributed by atoms with Crippen molar-refractivity contribution in [2.24, 2.45) is 45.3 Å². The SMILES string of the molecule is CC(=O)O[C@@H](C1CCC2C(CC3C4CCC5C(C)(C)[C@@H](OC(C=O)OCCN(C)Cc6ccccc6)CCC56C[C@@]46CC[C@]23C)O1)C(C)(C)O.[HH]. The van der Waals surface area contributed by atoms with E-state index in [1.165, 1.54) is 51.0 Å². The average Bonchev–Trinajstić information content (AvgIpc) is 3.63. The lowest BCUT2D eigenvalue weighted by Gasteiger charge is -2.59. The van der Waals surface area contributed by atoms with Crippen LogP contribution in [0.4, 0.5) is 0 Å². The van der Waals surface area contributed by atoms with Crippen LogP contribution < -0.4 is 0 Å². The highest BCUT2D eigenvalue weighted by molar-refractivity contribution is 5.66. The Labute approximate surface area is 301 Å². The van der Waals surface area contributed by atoms with Crippen molar-refractivity contribution in [1.82, 2.24) is 4.90 Å². The fourth-order valence-corrected chi connectivity index (χ4v) is 13.1. The summed E-state index contributed by atoms with van der Waals surface area (Å²) in [5.74, 6) is 2.10. The molecule has 1 aromatic rings. The Hall–Kier alpha value is -1.84. The smallest absolute Gasteiger partial charge is 0.303 e. The first-order valence-corrected chi connectivity index (χ1v) is 19.6. The normalized spacial score (nSPS) is 41.1. The molecule has 1 heterocycles. The Morgan fingerprint density at radius 2 is 1.78 bits per heavy atom. The molecule has 1 aromatic carbocycles. The molecule has 0 radical (unpaired) electrons. The molecule has 6 fully saturated rings. The number of fused-ring (bicyclic) bond motifs is 4. The molecule has 7 rings (SSSR count). The summed E-state index contributed by atoms with van der Waals surface area (Å²) in [4.78, 5) is 26.4. The van der Waals surface area contributed by atoms with Crippen LogP contribution in [0.15, 0.2) is 30.3 Å². The van der Waals surface area contributed by atoms with E-state index in [0.29, 0.717) is 35.2 Å². The van der Waals surface area contributed by atoms with Crippen LogP contribution >= 0.6 is 0 Å². The fraction of sp³-hybridized carbons (Fsp3) is 0.810. The van der Waals surface area contributed by atoms with Crippen LogP contribution in [-0.2, 0) is 35.1 Å². The number of hydrogen-bond donors (Lipinski definition) is 1. The fourth-order valence-electron chi connectivity index (χ4n) is 13.1. The van der Waals surface area contributed by atoms with Crippen molar-refractivity contribution >= 4 is 12.3 Å². The standard InChI is InChI=1S/C42H63NO7.H2/c1-27(45)48-37(39(4,5)46)32-15-13-30-33(49-32)23-31-29-14-16-34-38(2,3)35(17-18-42(34)26-41(29,42)20-19-40(30,31)6)50-36(25-44)47-22-21-43(7)24-28-11-9-8-10-12-28;/h8-12,25,29-37,46H,13-24,26H2,1-7H3;1H/t29?,30?,31?,32?,33?,34?,35-,36?,37-,40+,41-,42?;/m0./s1. The molecule has 12 atom stereocenters. The highest BCUT2D eigenvalue weighted by atomic mass is 16.7. The molecule has 1 N–H and O–H groups in total. The molecule has 6 aliphatic rings. The number of likely N-dealkylation sites (N-methyl/N-ethyl adjacent to an activating group) is 1. The number of carbonyl (C=O) groups excluding carboxylic acids is 2. The van der Waals surface area contributed by atoms with Gasteiger partial charge in [0.05, 0.1) is 30.5 Å². The minimum Gasteiger partial charge on any atom is -0.457 e. The lowest BCUT2D eigenvalue weighted by Crippen LogP contribution is -2.55. The molecular formula is C42H65NO7. The van der Waals surface area contributed by atoms with Gasteiger partial charge in [0.15, 0.2) is 12.4 Å². The maximum absolute atomic E-state index is 12.2. The van der Waals surface area contributed by atoms with Crippen molar-refractivity contribution < 1.29 is 35.1 Å². The Balaban J connectivity index is 0.00000448. The van der Waals surface area contributed by atoms with Gasteiger partial charge in [-0.15, -0.1) is 0 Å². The molecule has 1 aliphatic heterocycles. The Bertz CT molecular complexity index is 1400. The van der Waals surface area contributed by atoms with Gasteiger partial charge >= 0.3 is 5.97 Å². The molecule has 0 bridgehead atoms. The molecule has 2 spiro atoms. The Morgan fingerprint density at radius 1 is 1.04 bits per heavy atom. The second-order valence-corrected chi connectivity index (χ2v) is 18.7. The van der Waals surface area contributed by atoms with Gasteiger partial charge in [-0.1, -0.05) is 51.1 Å². The zero-order chi connectivity index (χ0) is 35.7. The molecule has 0 amide bonds. The number of nitrogens with zero attached hydrogens (tertiary/aromatic N) is 1. The number of aliphatic hydroxyl groups is 1. The van der Waals surface area contributed by atoms with E-state index >= 15 is 0 Å². The number of esters is 1. The number of carbonyl (C=O) groups is 2. The van der Waals surface area contributed by atoms with Crippen molar-refractivity contribution in [3.63, 3.8) is 0 Å². The van der Waals surface area contributed by atoms with Gasteiger partial charge < -0.3 is 24.1 Å². The minimum atomic E-state index is -1.16. The summed E-state index contributed by atoms with van der Waals surface area (Å²) in [5, 5.41) is 10.9. The van der Waals surface area contributed by atoms with Crippen molar-refractivity contribution in [1.29, 1.82) is 0 Å². The van der Waals surface area contributed by atoms with Crippen LogP contribution in [-0.4, -0.2) is 78.8 Å². The maximum atomic E-state index is 12.2. The van der Waals surface area contributed by atoms with E-state index in [4.69, 9.17) is 18.9 Å². The molecule has 280 valence electrons. The highest BCUT2D eigenvalue weighted by Crippen LogP contribution is 2.87. The number of hydrogen-bond acceptors (Lipinski definition) is 8. The van der Waals surface area contributed by atoms with E-state index in [9.17, 15) is 14.7 Å². The van der Waals surface area contributed by atoms with E-state index in [0.717, 1.165) is 51.0 Å². The Morgan fingerprint density at radius 3 is 2.48 bits per heavy atom. The third-order valence-electron chi connectivity index (χ3n) is 15.3. The first kappa shape index (κ1) is 36.5. The monoisotopic (exact) mass is 695 g/mol. The predicted octanol–water partition coefficient (Wildman–Crippen LogP) is 7.20. The summed E-state index contributed by atoms with van der Waals surface area (Å²) >= 11 is 0. The molecule has 8 unspecified atom stereocenters. The van der Waals surface area contributed by atoms with Gasteiger partial charge in [-0.25, -0.2) is 0 Å². The van der Waals surface area contributed by atoms with Gasteiger partial charge in [0, 0.05) is 21.4 Å². The summed E-state index contributed by atoms with van der Waals surface area (Å²) < 4.78 is 25.1. The predicted molar refractivity (Wildman–Crippen MR) is 193 cm³/mol. The average molecular weight is 696 g/mol. The van der Waals surface area contributed by atoms with E-state index in [1.54, 1.807) is 13.8 Å². The van der Waals surface area contributed by atoms with Crippen LogP contribution in [0.3, 0.4) is 0 Å². The van der Waals surface area contributed by atoms with Gasteiger partial charge in [-0.3, -0.25) is 14.5 Å². The van der Waals surface area contributed by atoms with Gasteiger partial charge in [-0.2, -0.15) is 0 Å². The van der Waals surface area contributed by atoms with Gasteiger partial charge in [0.25, 0.3) is 0 Å². The quantitative estimate of drug-likeness (QED) is 0.139. The number of aldehydes is 1. The number of ether oxygens (including phenoxy) is 4. The molecule has 8 nitrogen and oxygen atoms in total. The van der Waals surface area contributed by atoms with Crippen LogP contribution in [0.2, 0.25) is 0 Å². The van der Waals surface area contributed by atoms with Crippen LogP contribution in [0, 0.1) is 45.3 Å². The van der Waals surface area contributed by atoms with Gasteiger partial charge in [0.1, 0.15) is 0 Å². The van der Waals surface area contributed by atoms with E-state index < -0.39 is 18.0 Å². The van der Waals surface area contributed by atoms with Crippen molar-refractivity contribution in [2.45, 2.75) is 149 Å².